The van der Waals surface area contributed by atoms with Gasteiger partial charge in [-0.05, 0) is 29.8 Å². The first kappa shape index (κ1) is 11.8. The first-order chi connectivity index (χ1) is 8.29. The quantitative estimate of drug-likeness (QED) is 0.727. The van der Waals surface area contributed by atoms with E-state index in [1.165, 1.54) is 17.8 Å². The molecular formula is C15H10FS. The van der Waals surface area contributed by atoms with Crippen molar-refractivity contribution in [3.8, 4) is 12.3 Å². The van der Waals surface area contributed by atoms with Crippen molar-refractivity contribution in [3.05, 3.63) is 66.3 Å². The van der Waals surface area contributed by atoms with E-state index in [2.05, 4.69) is 5.92 Å². The van der Waals surface area contributed by atoms with Crippen molar-refractivity contribution >= 4 is 11.8 Å². The highest BCUT2D eigenvalue weighted by molar-refractivity contribution is 7.99. The smallest absolute Gasteiger partial charge is 0.137 e. The predicted octanol–water partition coefficient (Wildman–Crippen LogP) is 4.16. The molecule has 1 radical (unpaired) electrons. The lowest BCUT2D eigenvalue weighted by Crippen LogP contribution is -1.85. The highest BCUT2D eigenvalue weighted by atomic mass is 32.2. The molecule has 0 heterocycles. The largest absolute Gasteiger partial charge is 0.206 e. The van der Waals surface area contributed by atoms with E-state index in [0.717, 1.165) is 10.5 Å². The van der Waals surface area contributed by atoms with Crippen LogP contribution in [0.15, 0.2) is 58.3 Å². The van der Waals surface area contributed by atoms with Crippen molar-refractivity contribution in [3.63, 3.8) is 0 Å². The molecule has 0 fully saturated rings. The van der Waals surface area contributed by atoms with Gasteiger partial charge < -0.3 is 0 Å². The molecular weight excluding hydrogens is 231 g/mol. The van der Waals surface area contributed by atoms with Crippen LogP contribution in [0.4, 0.5) is 4.39 Å². The molecule has 83 valence electrons. The minimum Gasteiger partial charge on any atom is -0.206 e. The molecule has 0 aliphatic carbocycles. The fourth-order valence-electron chi connectivity index (χ4n) is 1.40. The van der Waals surface area contributed by atoms with Gasteiger partial charge in [-0.25, -0.2) is 4.39 Å². The number of benzene rings is 2. The van der Waals surface area contributed by atoms with Crippen molar-refractivity contribution in [2.45, 2.75) is 9.79 Å². The Bertz CT molecular complexity index is 541. The van der Waals surface area contributed by atoms with Gasteiger partial charge in [0.15, 0.2) is 0 Å². The number of rotatable bonds is 3. The monoisotopic (exact) mass is 241 g/mol. The topological polar surface area (TPSA) is 0 Å². The molecule has 0 aliphatic heterocycles. The normalized spacial score (nSPS) is 9.88. The van der Waals surface area contributed by atoms with Crippen LogP contribution in [0.3, 0.4) is 0 Å². The zero-order chi connectivity index (χ0) is 12.1. The Balaban J connectivity index is 2.26. The van der Waals surface area contributed by atoms with Gasteiger partial charge in [0.25, 0.3) is 0 Å². The van der Waals surface area contributed by atoms with Gasteiger partial charge in [0.1, 0.15) is 5.82 Å². The van der Waals surface area contributed by atoms with Crippen LogP contribution >= 0.6 is 11.8 Å². The summed E-state index contributed by atoms with van der Waals surface area (Å²) in [5, 5.41) is 0. The summed E-state index contributed by atoms with van der Waals surface area (Å²) in [7, 11) is 0. The molecule has 17 heavy (non-hydrogen) atoms. The Hall–Kier alpha value is -1.72. The summed E-state index contributed by atoms with van der Waals surface area (Å²) in [6.07, 6.45) is 6.81. The summed E-state index contributed by atoms with van der Waals surface area (Å²) in [5.74, 6) is 2.21. The third-order valence-electron chi connectivity index (χ3n) is 2.18. The maximum Gasteiger partial charge on any atom is 0.137 e. The lowest BCUT2D eigenvalue weighted by Gasteiger charge is -2.04. The lowest BCUT2D eigenvalue weighted by atomic mass is 10.2. The van der Waals surface area contributed by atoms with Crippen molar-refractivity contribution in [1.29, 1.82) is 0 Å². The van der Waals surface area contributed by atoms with E-state index in [4.69, 9.17) is 6.42 Å². The van der Waals surface area contributed by atoms with E-state index in [1.807, 2.05) is 30.3 Å². The standard InChI is InChI=1S/C15H10FS/c1-2-6-12-9-10-14(16)15(11-12)17-13-7-4-3-5-8-13/h1,3-11H. The molecule has 0 N–H and O–H groups in total. The second-order valence-corrected chi connectivity index (χ2v) is 4.53. The number of hydrogen-bond acceptors (Lipinski definition) is 1. The van der Waals surface area contributed by atoms with Gasteiger partial charge in [-0.1, -0.05) is 41.9 Å². The minimum absolute atomic E-state index is 0.229. The fraction of sp³-hybridized carbons (Fsp3) is 0. The average Bonchev–Trinajstić information content (AvgIpc) is 2.35. The Morgan fingerprint density at radius 1 is 1.12 bits per heavy atom. The Kier molecular flexibility index (Phi) is 3.85. The highest BCUT2D eigenvalue weighted by Gasteiger charge is 2.05. The van der Waals surface area contributed by atoms with Gasteiger partial charge in [-0.3, -0.25) is 0 Å². The zero-order valence-electron chi connectivity index (χ0n) is 9.06. The average molecular weight is 241 g/mol. The van der Waals surface area contributed by atoms with Gasteiger partial charge >= 0.3 is 0 Å². The number of terminal acetylenes is 1. The number of hydrogen-bond donors (Lipinski definition) is 0. The Morgan fingerprint density at radius 2 is 1.88 bits per heavy atom. The van der Waals surface area contributed by atoms with Gasteiger partial charge in [0.2, 0.25) is 0 Å². The van der Waals surface area contributed by atoms with Crippen LogP contribution in [0, 0.1) is 24.6 Å². The highest BCUT2D eigenvalue weighted by Crippen LogP contribution is 2.30. The second kappa shape index (κ2) is 5.56. The fourth-order valence-corrected chi connectivity index (χ4v) is 2.31. The van der Waals surface area contributed by atoms with Crippen molar-refractivity contribution in [2.75, 3.05) is 0 Å². The Labute approximate surface area is 105 Å². The Morgan fingerprint density at radius 3 is 2.59 bits per heavy atom. The maximum absolute atomic E-state index is 13.6. The molecule has 2 heteroatoms. The first-order valence-corrected chi connectivity index (χ1v) is 5.93. The van der Waals surface area contributed by atoms with Crippen LogP contribution < -0.4 is 0 Å². The van der Waals surface area contributed by atoms with Crippen LogP contribution in [0.1, 0.15) is 5.56 Å². The molecule has 0 unspecified atom stereocenters. The predicted molar refractivity (Wildman–Crippen MR) is 69.2 cm³/mol. The first-order valence-electron chi connectivity index (χ1n) is 5.11. The third kappa shape index (κ3) is 3.12. The summed E-state index contributed by atoms with van der Waals surface area (Å²) in [6, 6.07) is 14.5. The van der Waals surface area contributed by atoms with Crippen LogP contribution in [-0.2, 0) is 0 Å². The molecule has 0 nitrogen and oxygen atoms in total. The van der Waals surface area contributed by atoms with Crippen molar-refractivity contribution in [2.24, 2.45) is 0 Å². The molecule has 0 atom stereocenters. The van der Waals surface area contributed by atoms with E-state index in [-0.39, 0.29) is 5.82 Å². The molecule has 2 rings (SSSR count). The third-order valence-corrected chi connectivity index (χ3v) is 3.22. The minimum atomic E-state index is -0.229. The van der Waals surface area contributed by atoms with E-state index in [1.54, 1.807) is 18.6 Å². The maximum atomic E-state index is 13.6. The molecule has 0 spiro atoms. The van der Waals surface area contributed by atoms with Gasteiger partial charge in [-0.15, -0.1) is 6.42 Å². The SMILES string of the molecule is C#C[CH]c1ccc(F)c(Sc2ccccc2)c1. The molecule has 0 aliphatic rings. The van der Waals surface area contributed by atoms with E-state index >= 15 is 0 Å². The molecule has 0 aromatic heterocycles. The van der Waals surface area contributed by atoms with Crippen molar-refractivity contribution < 1.29 is 4.39 Å². The van der Waals surface area contributed by atoms with Crippen molar-refractivity contribution in [1.82, 2.24) is 0 Å². The summed E-state index contributed by atoms with van der Waals surface area (Å²) in [5.41, 5.74) is 0.840. The van der Waals surface area contributed by atoms with Crippen LogP contribution in [0.2, 0.25) is 0 Å². The molecule has 0 amide bonds. The summed E-state index contributed by atoms with van der Waals surface area (Å²) >= 11 is 1.39. The molecule has 2 aromatic carbocycles. The van der Waals surface area contributed by atoms with E-state index in [9.17, 15) is 4.39 Å². The van der Waals surface area contributed by atoms with Crippen LogP contribution in [0.5, 0.6) is 0 Å². The zero-order valence-corrected chi connectivity index (χ0v) is 9.88. The molecule has 0 bridgehead atoms. The lowest BCUT2D eigenvalue weighted by molar-refractivity contribution is 0.601. The molecule has 0 saturated carbocycles. The van der Waals surface area contributed by atoms with E-state index < -0.39 is 0 Å². The summed E-state index contributed by atoms with van der Waals surface area (Å²) < 4.78 is 13.6. The van der Waals surface area contributed by atoms with Gasteiger partial charge in [-0.2, -0.15) is 0 Å². The summed E-state index contributed by atoms with van der Waals surface area (Å²) in [4.78, 5) is 1.59. The number of halogens is 1. The van der Waals surface area contributed by atoms with Crippen LogP contribution in [-0.4, -0.2) is 0 Å². The summed E-state index contributed by atoms with van der Waals surface area (Å²) in [6.45, 7) is 0. The van der Waals surface area contributed by atoms with Crippen LogP contribution in [0.25, 0.3) is 0 Å². The second-order valence-electron chi connectivity index (χ2n) is 3.42. The molecule has 0 saturated heterocycles. The molecule has 2 aromatic rings. The van der Waals surface area contributed by atoms with E-state index in [0.29, 0.717) is 4.90 Å². The van der Waals surface area contributed by atoms with Gasteiger partial charge in [0, 0.05) is 9.79 Å². The van der Waals surface area contributed by atoms with Gasteiger partial charge in [0.05, 0.1) is 6.42 Å².